The van der Waals surface area contributed by atoms with Crippen LogP contribution in [0.2, 0.25) is 0 Å². The first-order valence-electron chi connectivity index (χ1n) is 11.6. The maximum atomic E-state index is 12.6. The molecule has 0 aromatic heterocycles. The van der Waals surface area contributed by atoms with Gasteiger partial charge in [0, 0.05) is 5.56 Å². The molecule has 32 heavy (non-hydrogen) atoms. The highest BCUT2D eigenvalue weighted by molar-refractivity contribution is 6.02. The largest absolute Gasteiger partial charge is 0.493 e. The van der Waals surface area contributed by atoms with Gasteiger partial charge in [0.05, 0.1) is 20.8 Å². The zero-order valence-electron chi connectivity index (χ0n) is 20.7. The maximum Gasteiger partial charge on any atom is 0.349 e. The molecule has 0 heterocycles. The van der Waals surface area contributed by atoms with Crippen molar-refractivity contribution >= 4 is 11.5 Å². The third-order valence-corrected chi connectivity index (χ3v) is 5.90. The number of ether oxygens (including phenoxy) is 3. The summed E-state index contributed by atoms with van der Waals surface area (Å²) in [6.07, 6.45) is 8.35. The van der Waals surface area contributed by atoms with Crippen molar-refractivity contribution in [2.45, 2.75) is 79.1 Å². The summed E-state index contributed by atoms with van der Waals surface area (Å²) in [5, 5.41) is 9.77. The summed E-state index contributed by atoms with van der Waals surface area (Å²) in [7, 11) is 3.27. The molecule has 0 amide bonds. The minimum Gasteiger partial charge on any atom is -0.493 e. The molecule has 2 N–H and O–H groups in total. The van der Waals surface area contributed by atoms with Crippen molar-refractivity contribution in [2.24, 2.45) is 5.73 Å². The van der Waals surface area contributed by atoms with E-state index in [9.17, 15) is 10.1 Å². The fraction of sp³-hybridized carbons (Fsp3) is 0.615. The molecule has 0 aliphatic heterocycles. The van der Waals surface area contributed by atoms with E-state index in [0.29, 0.717) is 30.0 Å². The van der Waals surface area contributed by atoms with Crippen molar-refractivity contribution < 1.29 is 19.0 Å². The van der Waals surface area contributed by atoms with Crippen molar-refractivity contribution in [1.82, 2.24) is 0 Å². The van der Waals surface area contributed by atoms with Crippen LogP contribution in [0.5, 0.6) is 11.5 Å². The lowest BCUT2D eigenvalue weighted by atomic mass is 9.86. The predicted molar refractivity (Wildman–Crippen MR) is 129 cm³/mol. The number of allylic oxidation sites excluding steroid dienone is 1. The minimum atomic E-state index is -0.615. The van der Waals surface area contributed by atoms with Crippen LogP contribution in [0.15, 0.2) is 5.57 Å². The smallest absolute Gasteiger partial charge is 0.349 e. The average molecular weight is 445 g/mol. The first-order valence-corrected chi connectivity index (χ1v) is 11.6. The van der Waals surface area contributed by atoms with Crippen LogP contribution < -0.4 is 15.2 Å². The van der Waals surface area contributed by atoms with Crippen molar-refractivity contribution in [1.29, 1.82) is 5.26 Å². The highest BCUT2D eigenvalue weighted by Gasteiger charge is 2.25. The zero-order chi connectivity index (χ0) is 24.1. The Morgan fingerprint density at radius 1 is 0.969 bits per heavy atom. The Morgan fingerprint density at radius 2 is 1.59 bits per heavy atom. The molecule has 0 saturated carbocycles. The van der Waals surface area contributed by atoms with Gasteiger partial charge in [-0.05, 0) is 68.8 Å². The van der Waals surface area contributed by atoms with E-state index in [1.54, 1.807) is 21.1 Å². The van der Waals surface area contributed by atoms with Gasteiger partial charge in [-0.15, -0.1) is 0 Å². The molecular formula is C26H40N2O4. The third kappa shape index (κ3) is 7.00. The number of nitriles is 1. The summed E-state index contributed by atoms with van der Waals surface area (Å²) in [5.41, 5.74) is 9.86. The van der Waals surface area contributed by atoms with E-state index in [0.717, 1.165) is 41.5 Å². The Balaban J connectivity index is 3.48. The molecule has 1 aromatic rings. The number of nitrogens with zero attached hydrogens (tertiary/aromatic N) is 1. The molecule has 1 rings (SSSR count). The van der Waals surface area contributed by atoms with Crippen LogP contribution in [-0.4, -0.2) is 33.3 Å². The molecule has 0 radical (unpaired) electrons. The van der Waals surface area contributed by atoms with Gasteiger partial charge in [0.1, 0.15) is 11.6 Å². The van der Waals surface area contributed by atoms with Crippen molar-refractivity contribution in [3.8, 4) is 17.6 Å². The van der Waals surface area contributed by atoms with Gasteiger partial charge in [-0.2, -0.15) is 5.26 Å². The van der Waals surface area contributed by atoms with Crippen LogP contribution in [0.1, 0.15) is 81.0 Å². The molecular weight excluding hydrogens is 404 g/mol. The minimum absolute atomic E-state index is 0.0148. The fourth-order valence-corrected chi connectivity index (χ4v) is 4.02. The van der Waals surface area contributed by atoms with E-state index >= 15 is 0 Å². The summed E-state index contributed by atoms with van der Waals surface area (Å²) in [6, 6.07) is 2.06. The van der Waals surface area contributed by atoms with Crippen LogP contribution in [0.4, 0.5) is 0 Å². The van der Waals surface area contributed by atoms with Gasteiger partial charge in [0.15, 0.2) is 11.5 Å². The Morgan fingerprint density at radius 3 is 2.16 bits per heavy atom. The van der Waals surface area contributed by atoms with Gasteiger partial charge in [-0.1, -0.05) is 39.0 Å². The van der Waals surface area contributed by atoms with E-state index in [1.807, 2.05) is 13.8 Å². The fourth-order valence-electron chi connectivity index (χ4n) is 4.02. The third-order valence-electron chi connectivity index (χ3n) is 5.90. The van der Waals surface area contributed by atoms with Crippen LogP contribution in [0, 0.1) is 25.2 Å². The SMILES string of the molecule is CCCCCCCCc1c(OC)c(OC)c(C)c(C)c1C(C)=C(C#N)C(=O)OCCCN. The summed E-state index contributed by atoms with van der Waals surface area (Å²) in [5.74, 6) is 0.759. The number of rotatable bonds is 14. The number of carbonyl (C=O) groups is 1. The maximum absolute atomic E-state index is 12.6. The zero-order valence-corrected chi connectivity index (χ0v) is 20.7. The Labute approximate surface area is 193 Å². The molecule has 1 aromatic carbocycles. The Bertz CT molecular complexity index is 837. The first-order chi connectivity index (χ1) is 15.4. The Kier molecular flexibility index (Phi) is 12.5. The second-order valence-electron chi connectivity index (χ2n) is 8.08. The highest BCUT2D eigenvalue weighted by atomic mass is 16.5. The van der Waals surface area contributed by atoms with Gasteiger partial charge in [-0.25, -0.2) is 4.79 Å². The summed E-state index contributed by atoms with van der Waals surface area (Å²) >= 11 is 0. The summed E-state index contributed by atoms with van der Waals surface area (Å²) in [6.45, 7) is 8.60. The molecule has 178 valence electrons. The van der Waals surface area contributed by atoms with Crippen LogP contribution in [0.3, 0.4) is 0 Å². The van der Waals surface area contributed by atoms with Gasteiger partial charge in [0.25, 0.3) is 0 Å². The van der Waals surface area contributed by atoms with E-state index in [2.05, 4.69) is 13.0 Å². The van der Waals surface area contributed by atoms with Gasteiger partial charge < -0.3 is 19.9 Å². The number of benzene rings is 1. The average Bonchev–Trinajstić information content (AvgIpc) is 2.78. The lowest BCUT2D eigenvalue weighted by molar-refractivity contribution is -0.138. The first kappa shape index (κ1) is 27.5. The molecule has 0 spiro atoms. The van der Waals surface area contributed by atoms with Crippen molar-refractivity contribution in [3.05, 3.63) is 27.8 Å². The van der Waals surface area contributed by atoms with Crippen LogP contribution in [-0.2, 0) is 16.0 Å². The molecule has 0 aliphatic rings. The monoisotopic (exact) mass is 444 g/mol. The molecule has 0 saturated heterocycles. The van der Waals surface area contributed by atoms with Crippen LogP contribution in [0.25, 0.3) is 5.57 Å². The standard InChI is InChI=1S/C26H40N2O4/c1-7-8-9-10-11-12-14-21-23(18(2)19(3)24(30-5)25(21)31-6)20(4)22(17-28)26(29)32-16-13-15-27/h7-16,27H2,1-6H3. The number of unbranched alkanes of at least 4 members (excludes halogenated alkanes) is 5. The summed E-state index contributed by atoms with van der Waals surface area (Å²) in [4.78, 5) is 12.6. The number of nitrogens with two attached hydrogens (primary N) is 1. The van der Waals surface area contributed by atoms with E-state index in [-0.39, 0.29) is 12.2 Å². The lowest BCUT2D eigenvalue weighted by Crippen LogP contribution is -2.13. The topological polar surface area (TPSA) is 94.6 Å². The van der Waals surface area contributed by atoms with Crippen molar-refractivity contribution in [3.63, 3.8) is 0 Å². The van der Waals surface area contributed by atoms with E-state index < -0.39 is 5.97 Å². The second kappa shape index (κ2) is 14.5. The molecule has 0 aliphatic carbocycles. The van der Waals surface area contributed by atoms with E-state index in [4.69, 9.17) is 19.9 Å². The number of carbonyl (C=O) groups excluding carboxylic acids is 1. The number of hydrogen-bond donors (Lipinski definition) is 1. The summed E-state index contributed by atoms with van der Waals surface area (Å²) < 4.78 is 16.7. The molecule has 0 unspecified atom stereocenters. The molecule has 0 fully saturated rings. The van der Waals surface area contributed by atoms with E-state index in [1.165, 1.54) is 25.7 Å². The second-order valence-corrected chi connectivity index (χ2v) is 8.08. The number of hydrogen-bond acceptors (Lipinski definition) is 6. The predicted octanol–water partition coefficient (Wildman–Crippen LogP) is 5.41. The molecule has 0 bridgehead atoms. The number of esters is 1. The van der Waals surface area contributed by atoms with Gasteiger partial charge in [-0.3, -0.25) is 0 Å². The van der Waals surface area contributed by atoms with Crippen LogP contribution >= 0.6 is 0 Å². The van der Waals surface area contributed by atoms with Gasteiger partial charge >= 0.3 is 5.97 Å². The normalized spacial score (nSPS) is 11.6. The lowest BCUT2D eigenvalue weighted by Gasteiger charge is -2.23. The van der Waals surface area contributed by atoms with Crippen molar-refractivity contribution in [2.75, 3.05) is 27.4 Å². The van der Waals surface area contributed by atoms with Gasteiger partial charge in [0.2, 0.25) is 0 Å². The molecule has 0 atom stereocenters. The Hall–Kier alpha value is -2.52. The quantitative estimate of drug-likeness (QED) is 0.178. The highest BCUT2D eigenvalue weighted by Crippen LogP contribution is 2.43. The molecule has 6 nitrogen and oxygen atoms in total. The number of methoxy groups -OCH3 is 2. The molecule has 6 heteroatoms.